The third kappa shape index (κ3) is 3.40. The Morgan fingerprint density at radius 2 is 2.05 bits per heavy atom. The Morgan fingerprint density at radius 1 is 1.26 bits per heavy atom. The van der Waals surface area contributed by atoms with E-state index in [0.717, 1.165) is 18.8 Å². The zero-order chi connectivity index (χ0) is 13.7. The molecule has 4 nitrogen and oxygen atoms in total. The van der Waals surface area contributed by atoms with Crippen LogP contribution < -0.4 is 9.64 Å². The Bertz CT molecular complexity index is 548. The van der Waals surface area contributed by atoms with E-state index in [1.807, 2.05) is 11.9 Å². The van der Waals surface area contributed by atoms with Gasteiger partial charge in [-0.05, 0) is 18.6 Å². The van der Waals surface area contributed by atoms with Gasteiger partial charge in [-0.1, -0.05) is 19.1 Å². The molecule has 0 aliphatic carbocycles. The summed E-state index contributed by atoms with van der Waals surface area (Å²) in [6.07, 6.45) is 2.43. The third-order valence-electron chi connectivity index (χ3n) is 2.63. The Kier molecular flexibility index (Phi) is 4.28. The second-order valence-corrected chi connectivity index (χ2v) is 4.17. The minimum absolute atomic E-state index is 0.158. The van der Waals surface area contributed by atoms with Gasteiger partial charge in [-0.25, -0.2) is 14.4 Å². The number of nitrogens with zero attached hydrogens (tertiary/aromatic N) is 3. The molecule has 0 aliphatic rings. The molecule has 0 saturated heterocycles. The normalized spacial score (nSPS) is 10.3. The maximum Gasteiger partial charge on any atom is 0.224 e. The summed E-state index contributed by atoms with van der Waals surface area (Å²) in [7, 11) is 1.94. The summed E-state index contributed by atoms with van der Waals surface area (Å²) in [6, 6.07) is 7.93. The van der Waals surface area contributed by atoms with E-state index in [1.54, 1.807) is 24.3 Å². The first-order valence-electron chi connectivity index (χ1n) is 6.16. The van der Waals surface area contributed by atoms with E-state index in [9.17, 15) is 4.39 Å². The fourth-order valence-electron chi connectivity index (χ4n) is 1.68. The van der Waals surface area contributed by atoms with Crippen molar-refractivity contribution in [3.8, 4) is 11.6 Å². The molecule has 100 valence electrons. The van der Waals surface area contributed by atoms with Crippen molar-refractivity contribution in [1.29, 1.82) is 0 Å². The molecule has 2 aromatic rings. The van der Waals surface area contributed by atoms with Gasteiger partial charge in [0.2, 0.25) is 5.88 Å². The number of ether oxygens (including phenoxy) is 1. The van der Waals surface area contributed by atoms with Crippen LogP contribution in [-0.2, 0) is 0 Å². The maximum absolute atomic E-state index is 13.5. The zero-order valence-electron chi connectivity index (χ0n) is 11.0. The van der Waals surface area contributed by atoms with Crippen LogP contribution in [0.5, 0.6) is 11.6 Å². The predicted octanol–water partition coefficient (Wildman–Crippen LogP) is 3.25. The highest BCUT2D eigenvalue weighted by Crippen LogP contribution is 2.24. The van der Waals surface area contributed by atoms with Crippen molar-refractivity contribution >= 4 is 5.82 Å². The summed E-state index contributed by atoms with van der Waals surface area (Å²) < 4.78 is 18.9. The minimum Gasteiger partial charge on any atom is -0.436 e. The second-order valence-electron chi connectivity index (χ2n) is 4.17. The molecular formula is C14H16FN3O. The Balaban J connectivity index is 2.18. The van der Waals surface area contributed by atoms with Gasteiger partial charge in [0.05, 0.1) is 0 Å². The molecule has 1 aromatic carbocycles. The Morgan fingerprint density at radius 3 is 2.79 bits per heavy atom. The van der Waals surface area contributed by atoms with Crippen molar-refractivity contribution in [2.45, 2.75) is 13.3 Å². The van der Waals surface area contributed by atoms with Crippen LogP contribution in [0.15, 0.2) is 36.7 Å². The van der Waals surface area contributed by atoms with Gasteiger partial charge in [-0.3, -0.25) is 0 Å². The van der Waals surface area contributed by atoms with Crippen LogP contribution in [0.4, 0.5) is 10.2 Å². The van der Waals surface area contributed by atoms with E-state index in [2.05, 4.69) is 16.9 Å². The van der Waals surface area contributed by atoms with Crippen molar-refractivity contribution in [1.82, 2.24) is 9.97 Å². The SMILES string of the molecule is CCCN(C)c1cc(Oc2ccccc2F)ncn1. The molecule has 0 N–H and O–H groups in total. The molecule has 0 atom stereocenters. The lowest BCUT2D eigenvalue weighted by Gasteiger charge is -2.17. The molecule has 0 bridgehead atoms. The fourth-order valence-corrected chi connectivity index (χ4v) is 1.68. The van der Waals surface area contributed by atoms with Crippen LogP contribution in [0.1, 0.15) is 13.3 Å². The fraction of sp³-hybridized carbons (Fsp3) is 0.286. The van der Waals surface area contributed by atoms with Crippen LogP contribution in [0.2, 0.25) is 0 Å². The van der Waals surface area contributed by atoms with E-state index in [-0.39, 0.29) is 5.75 Å². The molecule has 1 aromatic heterocycles. The topological polar surface area (TPSA) is 38.2 Å². The number of rotatable bonds is 5. The van der Waals surface area contributed by atoms with Gasteiger partial charge in [0, 0.05) is 19.7 Å². The van der Waals surface area contributed by atoms with Gasteiger partial charge < -0.3 is 9.64 Å². The van der Waals surface area contributed by atoms with E-state index >= 15 is 0 Å². The van der Waals surface area contributed by atoms with E-state index in [4.69, 9.17) is 4.74 Å². The van der Waals surface area contributed by atoms with E-state index in [0.29, 0.717) is 5.88 Å². The van der Waals surface area contributed by atoms with Gasteiger partial charge in [-0.2, -0.15) is 0 Å². The molecule has 0 amide bonds. The molecule has 2 rings (SSSR count). The first-order chi connectivity index (χ1) is 9.20. The summed E-state index contributed by atoms with van der Waals surface area (Å²) in [5, 5.41) is 0. The molecule has 0 unspecified atom stereocenters. The number of benzene rings is 1. The summed E-state index contributed by atoms with van der Waals surface area (Å²) in [4.78, 5) is 10.2. The summed E-state index contributed by atoms with van der Waals surface area (Å²) in [5.74, 6) is 0.830. The van der Waals surface area contributed by atoms with Crippen molar-refractivity contribution in [3.05, 3.63) is 42.5 Å². The number of hydrogen-bond acceptors (Lipinski definition) is 4. The molecule has 0 radical (unpaired) electrons. The van der Waals surface area contributed by atoms with Crippen molar-refractivity contribution < 1.29 is 9.13 Å². The lowest BCUT2D eigenvalue weighted by molar-refractivity contribution is 0.426. The highest BCUT2D eigenvalue weighted by Gasteiger charge is 2.07. The average Bonchev–Trinajstić information content (AvgIpc) is 2.42. The van der Waals surface area contributed by atoms with Crippen LogP contribution in [0.3, 0.4) is 0 Å². The first-order valence-corrected chi connectivity index (χ1v) is 6.16. The molecule has 19 heavy (non-hydrogen) atoms. The molecule has 5 heteroatoms. The number of hydrogen-bond donors (Lipinski definition) is 0. The molecule has 0 saturated carbocycles. The molecule has 1 heterocycles. The van der Waals surface area contributed by atoms with Gasteiger partial charge in [0.25, 0.3) is 0 Å². The second kappa shape index (κ2) is 6.13. The molecule has 0 spiro atoms. The van der Waals surface area contributed by atoms with Gasteiger partial charge >= 0.3 is 0 Å². The largest absolute Gasteiger partial charge is 0.436 e. The van der Waals surface area contributed by atoms with Crippen molar-refractivity contribution in [2.24, 2.45) is 0 Å². The Labute approximate surface area is 111 Å². The highest BCUT2D eigenvalue weighted by molar-refractivity contribution is 5.41. The molecular weight excluding hydrogens is 245 g/mol. The lowest BCUT2D eigenvalue weighted by Crippen LogP contribution is -2.19. The Hall–Kier alpha value is -2.17. The minimum atomic E-state index is -0.412. The quantitative estimate of drug-likeness (QED) is 0.828. The summed E-state index contributed by atoms with van der Waals surface area (Å²) in [6.45, 7) is 2.98. The van der Waals surface area contributed by atoms with Gasteiger partial charge in [0.15, 0.2) is 11.6 Å². The summed E-state index contributed by atoms with van der Waals surface area (Å²) in [5.41, 5.74) is 0. The standard InChI is InChI=1S/C14H16FN3O/c1-3-8-18(2)13-9-14(17-10-16-13)19-12-7-5-4-6-11(12)15/h4-7,9-10H,3,8H2,1-2H3. The number of anilines is 1. The molecule has 0 fully saturated rings. The average molecular weight is 261 g/mol. The van der Waals surface area contributed by atoms with Crippen LogP contribution in [0, 0.1) is 5.82 Å². The van der Waals surface area contributed by atoms with Gasteiger partial charge in [0.1, 0.15) is 12.1 Å². The summed E-state index contributed by atoms with van der Waals surface area (Å²) >= 11 is 0. The lowest BCUT2D eigenvalue weighted by atomic mass is 10.3. The van der Waals surface area contributed by atoms with Crippen molar-refractivity contribution in [2.75, 3.05) is 18.5 Å². The van der Waals surface area contributed by atoms with Crippen LogP contribution in [0.25, 0.3) is 0 Å². The van der Waals surface area contributed by atoms with Crippen LogP contribution >= 0.6 is 0 Å². The third-order valence-corrected chi connectivity index (χ3v) is 2.63. The highest BCUT2D eigenvalue weighted by atomic mass is 19.1. The van der Waals surface area contributed by atoms with E-state index in [1.165, 1.54) is 12.4 Å². The van der Waals surface area contributed by atoms with E-state index < -0.39 is 5.82 Å². The first kappa shape index (κ1) is 13.3. The number of aromatic nitrogens is 2. The smallest absolute Gasteiger partial charge is 0.224 e. The monoisotopic (exact) mass is 261 g/mol. The number of para-hydroxylation sites is 1. The predicted molar refractivity (Wildman–Crippen MR) is 72.1 cm³/mol. The van der Waals surface area contributed by atoms with Crippen molar-refractivity contribution in [3.63, 3.8) is 0 Å². The maximum atomic E-state index is 13.5. The number of halogens is 1. The zero-order valence-corrected chi connectivity index (χ0v) is 11.0. The molecule has 0 aliphatic heterocycles. The van der Waals surface area contributed by atoms with Crippen LogP contribution in [-0.4, -0.2) is 23.6 Å². The van der Waals surface area contributed by atoms with Gasteiger partial charge in [-0.15, -0.1) is 0 Å².